The highest BCUT2D eigenvalue weighted by Crippen LogP contribution is 2.22. The number of hydrogen-bond donors (Lipinski definition) is 1. The molecule has 2 aromatic carbocycles. The van der Waals surface area contributed by atoms with E-state index in [0.29, 0.717) is 31.3 Å². The SMILES string of the molecule is O=C(NCCSCc1ccc(F)cc1)C1CCCN(Cc2nc(-c3ccc(Br)cc3)no2)C1. The topological polar surface area (TPSA) is 71.3 Å². The van der Waals surface area contributed by atoms with Gasteiger partial charge in [0, 0.05) is 34.6 Å². The summed E-state index contributed by atoms with van der Waals surface area (Å²) in [6.45, 7) is 2.76. The van der Waals surface area contributed by atoms with Gasteiger partial charge in [-0.15, -0.1) is 0 Å². The first-order valence-electron chi connectivity index (χ1n) is 11.0. The van der Waals surface area contributed by atoms with Crippen molar-refractivity contribution < 1.29 is 13.7 Å². The Morgan fingerprint density at radius 2 is 2.00 bits per heavy atom. The van der Waals surface area contributed by atoms with Crippen molar-refractivity contribution in [2.45, 2.75) is 25.1 Å². The first-order valence-corrected chi connectivity index (χ1v) is 12.9. The van der Waals surface area contributed by atoms with Crippen LogP contribution in [0.1, 0.15) is 24.3 Å². The molecule has 9 heteroatoms. The predicted molar refractivity (Wildman–Crippen MR) is 131 cm³/mol. The van der Waals surface area contributed by atoms with E-state index in [1.165, 1.54) is 12.1 Å². The molecule has 33 heavy (non-hydrogen) atoms. The van der Waals surface area contributed by atoms with Crippen LogP contribution in [0.4, 0.5) is 4.39 Å². The van der Waals surface area contributed by atoms with Crippen LogP contribution in [0.15, 0.2) is 57.5 Å². The van der Waals surface area contributed by atoms with Gasteiger partial charge in [-0.3, -0.25) is 9.69 Å². The molecule has 0 radical (unpaired) electrons. The lowest BCUT2D eigenvalue weighted by Gasteiger charge is -2.30. The number of piperidine rings is 1. The van der Waals surface area contributed by atoms with Crippen molar-refractivity contribution in [2.75, 3.05) is 25.4 Å². The van der Waals surface area contributed by atoms with Crippen LogP contribution in [-0.2, 0) is 17.1 Å². The van der Waals surface area contributed by atoms with E-state index in [1.54, 1.807) is 23.9 Å². The smallest absolute Gasteiger partial charge is 0.241 e. The second kappa shape index (κ2) is 11.8. The molecule has 1 aromatic heterocycles. The van der Waals surface area contributed by atoms with Gasteiger partial charge in [0.15, 0.2) is 0 Å². The van der Waals surface area contributed by atoms with Crippen molar-refractivity contribution in [3.8, 4) is 11.4 Å². The molecule has 1 unspecified atom stereocenters. The highest BCUT2D eigenvalue weighted by atomic mass is 79.9. The Labute approximate surface area is 205 Å². The maximum Gasteiger partial charge on any atom is 0.241 e. The summed E-state index contributed by atoms with van der Waals surface area (Å²) in [6.07, 6.45) is 1.85. The Bertz CT molecular complexity index is 1050. The lowest BCUT2D eigenvalue weighted by molar-refractivity contribution is -0.126. The standard InChI is InChI=1S/C24H26BrFN4O2S/c25-20-7-5-18(6-8-20)23-28-22(32-29-23)15-30-12-1-2-19(14-30)24(31)27-11-13-33-16-17-3-9-21(26)10-4-17/h3-10,19H,1-2,11-16H2,(H,27,31). The van der Waals surface area contributed by atoms with Gasteiger partial charge in [-0.25, -0.2) is 4.39 Å². The number of amides is 1. The molecule has 2 heterocycles. The van der Waals surface area contributed by atoms with Gasteiger partial charge in [-0.2, -0.15) is 16.7 Å². The Morgan fingerprint density at radius 1 is 1.21 bits per heavy atom. The third-order valence-electron chi connectivity index (χ3n) is 5.53. The second-order valence-electron chi connectivity index (χ2n) is 8.06. The van der Waals surface area contributed by atoms with Crippen LogP contribution in [0.5, 0.6) is 0 Å². The van der Waals surface area contributed by atoms with Gasteiger partial charge in [0.25, 0.3) is 0 Å². The van der Waals surface area contributed by atoms with E-state index in [-0.39, 0.29) is 17.6 Å². The largest absolute Gasteiger partial charge is 0.355 e. The van der Waals surface area contributed by atoms with Crippen LogP contribution in [0.3, 0.4) is 0 Å². The highest BCUT2D eigenvalue weighted by Gasteiger charge is 2.26. The average Bonchev–Trinajstić information content (AvgIpc) is 3.29. The molecule has 3 aromatic rings. The number of benzene rings is 2. The molecule has 1 saturated heterocycles. The van der Waals surface area contributed by atoms with Gasteiger partial charge in [0.1, 0.15) is 5.82 Å². The van der Waals surface area contributed by atoms with E-state index < -0.39 is 0 Å². The van der Waals surface area contributed by atoms with Crippen LogP contribution in [0, 0.1) is 11.7 Å². The number of carbonyl (C=O) groups is 1. The monoisotopic (exact) mass is 532 g/mol. The number of rotatable bonds is 9. The Morgan fingerprint density at radius 3 is 2.79 bits per heavy atom. The Kier molecular flexibility index (Phi) is 8.52. The first kappa shape index (κ1) is 23.9. The van der Waals surface area contributed by atoms with Crippen molar-refractivity contribution in [1.82, 2.24) is 20.4 Å². The molecule has 1 aliphatic heterocycles. The second-order valence-corrected chi connectivity index (χ2v) is 10.1. The molecule has 4 rings (SSSR count). The molecular formula is C24H26BrFN4O2S. The number of halogens is 2. The lowest BCUT2D eigenvalue weighted by atomic mass is 9.97. The van der Waals surface area contributed by atoms with Gasteiger partial charge in [-0.05, 0) is 61.3 Å². The van der Waals surface area contributed by atoms with Gasteiger partial charge < -0.3 is 9.84 Å². The zero-order valence-corrected chi connectivity index (χ0v) is 20.6. The van der Waals surface area contributed by atoms with E-state index in [1.807, 2.05) is 24.3 Å². The van der Waals surface area contributed by atoms with Crippen molar-refractivity contribution >= 4 is 33.6 Å². The van der Waals surface area contributed by atoms with E-state index in [9.17, 15) is 9.18 Å². The zero-order valence-electron chi connectivity index (χ0n) is 18.2. The summed E-state index contributed by atoms with van der Waals surface area (Å²) in [5.41, 5.74) is 1.99. The van der Waals surface area contributed by atoms with E-state index in [0.717, 1.165) is 46.5 Å². The predicted octanol–water partition coefficient (Wildman–Crippen LogP) is 4.90. The molecule has 0 spiro atoms. The fourth-order valence-electron chi connectivity index (χ4n) is 3.80. The van der Waals surface area contributed by atoms with Gasteiger partial charge in [-0.1, -0.05) is 33.2 Å². The molecule has 0 aliphatic carbocycles. The van der Waals surface area contributed by atoms with Crippen LogP contribution in [0.2, 0.25) is 0 Å². The summed E-state index contributed by atoms with van der Waals surface area (Å²) in [6, 6.07) is 14.3. The quantitative estimate of drug-likeness (QED) is 0.395. The van der Waals surface area contributed by atoms with Crippen LogP contribution in [-0.4, -0.2) is 46.3 Å². The number of likely N-dealkylation sites (tertiary alicyclic amines) is 1. The van der Waals surface area contributed by atoms with Crippen LogP contribution >= 0.6 is 27.7 Å². The number of thioether (sulfide) groups is 1. The summed E-state index contributed by atoms with van der Waals surface area (Å²) in [7, 11) is 0. The summed E-state index contributed by atoms with van der Waals surface area (Å²) in [5.74, 6) is 2.60. The minimum Gasteiger partial charge on any atom is -0.355 e. The minimum atomic E-state index is -0.221. The van der Waals surface area contributed by atoms with Gasteiger partial charge >= 0.3 is 0 Å². The Hall–Kier alpha value is -2.23. The molecular weight excluding hydrogens is 507 g/mol. The summed E-state index contributed by atoms with van der Waals surface area (Å²) in [4.78, 5) is 19.4. The molecule has 1 atom stereocenters. The summed E-state index contributed by atoms with van der Waals surface area (Å²) in [5, 5.41) is 7.15. The molecule has 174 valence electrons. The molecule has 1 amide bonds. The van der Waals surface area contributed by atoms with E-state index in [2.05, 4.69) is 36.3 Å². The summed E-state index contributed by atoms with van der Waals surface area (Å²) >= 11 is 5.15. The van der Waals surface area contributed by atoms with Gasteiger partial charge in [0.2, 0.25) is 17.6 Å². The van der Waals surface area contributed by atoms with Crippen molar-refractivity contribution in [2.24, 2.45) is 5.92 Å². The molecule has 6 nitrogen and oxygen atoms in total. The first-order chi connectivity index (χ1) is 16.1. The zero-order chi connectivity index (χ0) is 23.0. The molecule has 1 fully saturated rings. The van der Waals surface area contributed by atoms with Crippen molar-refractivity contribution in [1.29, 1.82) is 0 Å². The normalized spacial score (nSPS) is 16.6. The molecule has 0 bridgehead atoms. The minimum absolute atomic E-state index is 0.0327. The fourth-order valence-corrected chi connectivity index (χ4v) is 4.88. The third-order valence-corrected chi connectivity index (χ3v) is 7.09. The fraction of sp³-hybridized carbons (Fsp3) is 0.375. The summed E-state index contributed by atoms with van der Waals surface area (Å²) < 4.78 is 19.4. The number of nitrogens with zero attached hydrogens (tertiary/aromatic N) is 3. The maximum atomic E-state index is 13.0. The Balaban J connectivity index is 1.19. The number of nitrogens with one attached hydrogen (secondary N) is 1. The number of aromatic nitrogens is 2. The molecule has 0 saturated carbocycles. The van der Waals surface area contributed by atoms with Crippen molar-refractivity contribution in [3.05, 3.63) is 70.3 Å². The van der Waals surface area contributed by atoms with E-state index in [4.69, 9.17) is 4.52 Å². The molecule has 1 aliphatic rings. The van der Waals surface area contributed by atoms with Crippen molar-refractivity contribution in [3.63, 3.8) is 0 Å². The third kappa shape index (κ3) is 7.12. The average molecular weight is 533 g/mol. The van der Waals surface area contributed by atoms with Crippen LogP contribution < -0.4 is 5.32 Å². The number of carbonyl (C=O) groups excluding carboxylic acids is 1. The number of hydrogen-bond acceptors (Lipinski definition) is 6. The van der Waals surface area contributed by atoms with Gasteiger partial charge in [0.05, 0.1) is 12.5 Å². The lowest BCUT2D eigenvalue weighted by Crippen LogP contribution is -2.43. The van der Waals surface area contributed by atoms with E-state index >= 15 is 0 Å². The maximum absolute atomic E-state index is 13.0. The van der Waals surface area contributed by atoms with Crippen LogP contribution in [0.25, 0.3) is 11.4 Å². The highest BCUT2D eigenvalue weighted by molar-refractivity contribution is 9.10. The molecule has 1 N–H and O–H groups in total.